The second-order valence-corrected chi connectivity index (χ2v) is 6.17. The van der Waals surface area contributed by atoms with Gasteiger partial charge in [-0.05, 0) is 37.1 Å². The van der Waals surface area contributed by atoms with E-state index in [0.29, 0.717) is 17.3 Å². The van der Waals surface area contributed by atoms with Gasteiger partial charge < -0.3 is 15.2 Å². The molecule has 1 aliphatic rings. The molecule has 5 heteroatoms. The molecule has 0 bridgehead atoms. The van der Waals surface area contributed by atoms with Gasteiger partial charge in [-0.25, -0.2) is 0 Å². The molecule has 0 heterocycles. The maximum absolute atomic E-state index is 11.8. The van der Waals surface area contributed by atoms with Gasteiger partial charge in [0.2, 0.25) is 0 Å². The SMILES string of the molecule is O=C(COc1ccc(Cl)cc1)NCC1(CO)CCCCC1. The third-order valence-electron chi connectivity index (χ3n) is 4.09. The molecule has 2 rings (SSSR count). The summed E-state index contributed by atoms with van der Waals surface area (Å²) >= 11 is 5.78. The maximum Gasteiger partial charge on any atom is 0.257 e. The highest BCUT2D eigenvalue weighted by atomic mass is 35.5. The molecule has 4 nitrogen and oxygen atoms in total. The Morgan fingerprint density at radius 2 is 1.90 bits per heavy atom. The number of hydrogen-bond acceptors (Lipinski definition) is 3. The zero-order valence-corrected chi connectivity index (χ0v) is 12.9. The molecule has 0 radical (unpaired) electrons. The van der Waals surface area contributed by atoms with Crippen LogP contribution in [0.25, 0.3) is 0 Å². The molecule has 1 fully saturated rings. The zero-order valence-electron chi connectivity index (χ0n) is 12.1. The van der Waals surface area contributed by atoms with Crippen molar-refractivity contribution in [2.24, 2.45) is 5.41 Å². The van der Waals surface area contributed by atoms with Crippen molar-refractivity contribution >= 4 is 17.5 Å². The van der Waals surface area contributed by atoms with Crippen LogP contribution in [-0.4, -0.2) is 30.8 Å². The number of aliphatic hydroxyl groups is 1. The number of hydrogen-bond donors (Lipinski definition) is 2. The molecule has 116 valence electrons. The quantitative estimate of drug-likeness (QED) is 0.849. The Hall–Kier alpha value is -1.26. The summed E-state index contributed by atoms with van der Waals surface area (Å²) in [5.41, 5.74) is -0.145. The van der Waals surface area contributed by atoms with Crippen molar-refractivity contribution in [1.82, 2.24) is 5.32 Å². The minimum absolute atomic E-state index is 0.0247. The number of ether oxygens (including phenoxy) is 1. The molecule has 1 aromatic rings. The van der Waals surface area contributed by atoms with Crippen LogP contribution in [0.5, 0.6) is 5.75 Å². The second-order valence-electron chi connectivity index (χ2n) is 5.74. The molecule has 0 spiro atoms. The third-order valence-corrected chi connectivity index (χ3v) is 4.35. The van der Waals surface area contributed by atoms with Crippen molar-refractivity contribution in [1.29, 1.82) is 0 Å². The number of aliphatic hydroxyl groups excluding tert-OH is 1. The molecule has 1 aromatic carbocycles. The number of amides is 1. The summed E-state index contributed by atoms with van der Waals surface area (Å²) in [5.74, 6) is 0.451. The summed E-state index contributed by atoms with van der Waals surface area (Å²) in [6, 6.07) is 6.90. The second kappa shape index (κ2) is 7.66. The topological polar surface area (TPSA) is 58.6 Å². The first-order chi connectivity index (χ1) is 10.1. The van der Waals surface area contributed by atoms with Crippen LogP contribution < -0.4 is 10.1 Å². The lowest BCUT2D eigenvalue weighted by Crippen LogP contribution is -2.42. The van der Waals surface area contributed by atoms with Gasteiger partial charge in [0.15, 0.2) is 6.61 Å². The maximum atomic E-state index is 11.8. The van der Waals surface area contributed by atoms with Crippen LogP contribution in [0.3, 0.4) is 0 Å². The average Bonchev–Trinajstić information content (AvgIpc) is 2.53. The first-order valence-electron chi connectivity index (χ1n) is 7.39. The fourth-order valence-corrected chi connectivity index (χ4v) is 2.84. The van der Waals surface area contributed by atoms with E-state index in [4.69, 9.17) is 16.3 Å². The highest BCUT2D eigenvalue weighted by Crippen LogP contribution is 2.35. The molecule has 0 unspecified atom stereocenters. The van der Waals surface area contributed by atoms with Crippen LogP contribution >= 0.6 is 11.6 Å². The molecule has 1 saturated carbocycles. The predicted octanol–water partition coefficient (Wildman–Crippen LogP) is 2.78. The molecule has 0 atom stereocenters. The summed E-state index contributed by atoms with van der Waals surface area (Å²) in [5, 5.41) is 13.1. The third kappa shape index (κ3) is 4.90. The zero-order chi connectivity index (χ0) is 15.1. The van der Waals surface area contributed by atoms with Gasteiger partial charge in [-0.3, -0.25) is 4.79 Å². The van der Waals surface area contributed by atoms with Gasteiger partial charge in [-0.2, -0.15) is 0 Å². The van der Waals surface area contributed by atoms with Crippen molar-refractivity contribution in [3.8, 4) is 5.75 Å². The van der Waals surface area contributed by atoms with E-state index in [2.05, 4.69) is 5.32 Å². The van der Waals surface area contributed by atoms with Gasteiger partial charge in [0.1, 0.15) is 5.75 Å². The van der Waals surface area contributed by atoms with Crippen molar-refractivity contribution in [2.45, 2.75) is 32.1 Å². The number of nitrogens with one attached hydrogen (secondary N) is 1. The van der Waals surface area contributed by atoms with Crippen LogP contribution in [0.1, 0.15) is 32.1 Å². The smallest absolute Gasteiger partial charge is 0.257 e. The predicted molar refractivity (Wildman–Crippen MR) is 82.6 cm³/mol. The van der Waals surface area contributed by atoms with Crippen LogP contribution in [0.4, 0.5) is 0 Å². The lowest BCUT2D eigenvalue weighted by molar-refractivity contribution is -0.123. The Morgan fingerprint density at radius 1 is 1.24 bits per heavy atom. The fraction of sp³-hybridized carbons (Fsp3) is 0.562. The Morgan fingerprint density at radius 3 is 2.52 bits per heavy atom. The molecule has 2 N–H and O–H groups in total. The van der Waals surface area contributed by atoms with Gasteiger partial charge in [-0.15, -0.1) is 0 Å². The van der Waals surface area contributed by atoms with E-state index in [9.17, 15) is 9.90 Å². The first kappa shape index (κ1) is 16.1. The molecule has 0 aromatic heterocycles. The highest BCUT2D eigenvalue weighted by molar-refractivity contribution is 6.30. The highest BCUT2D eigenvalue weighted by Gasteiger charge is 2.31. The van der Waals surface area contributed by atoms with E-state index in [1.807, 2.05) is 0 Å². The summed E-state index contributed by atoms with van der Waals surface area (Å²) in [6.45, 7) is 0.626. The molecule has 1 aliphatic carbocycles. The molecule has 0 saturated heterocycles. The molecule has 0 aliphatic heterocycles. The van der Waals surface area contributed by atoms with Crippen molar-refractivity contribution in [3.05, 3.63) is 29.3 Å². The molecular weight excluding hydrogens is 290 g/mol. The number of halogens is 1. The summed E-state index contributed by atoms with van der Waals surface area (Å²) in [4.78, 5) is 11.8. The van der Waals surface area contributed by atoms with Crippen LogP contribution in [0, 0.1) is 5.41 Å². The van der Waals surface area contributed by atoms with Gasteiger partial charge in [-0.1, -0.05) is 30.9 Å². The van der Waals surface area contributed by atoms with Gasteiger partial charge in [0.05, 0.1) is 6.61 Å². The molecule has 1 amide bonds. The van der Waals surface area contributed by atoms with Crippen LogP contribution in [-0.2, 0) is 4.79 Å². The van der Waals surface area contributed by atoms with Crippen LogP contribution in [0.15, 0.2) is 24.3 Å². The minimum Gasteiger partial charge on any atom is -0.484 e. The van der Waals surface area contributed by atoms with Crippen LogP contribution in [0.2, 0.25) is 5.02 Å². The first-order valence-corrected chi connectivity index (χ1v) is 7.77. The number of benzene rings is 1. The number of carbonyl (C=O) groups excluding carboxylic acids is 1. The van der Waals surface area contributed by atoms with Crippen molar-refractivity contribution in [2.75, 3.05) is 19.8 Å². The Balaban J connectivity index is 1.75. The van der Waals surface area contributed by atoms with Gasteiger partial charge in [0.25, 0.3) is 5.91 Å². The largest absolute Gasteiger partial charge is 0.484 e. The molecule has 21 heavy (non-hydrogen) atoms. The van der Waals surface area contributed by atoms with Crippen molar-refractivity contribution in [3.63, 3.8) is 0 Å². The van der Waals surface area contributed by atoms with Gasteiger partial charge >= 0.3 is 0 Å². The average molecular weight is 312 g/mol. The summed E-state index contributed by atoms with van der Waals surface area (Å²) in [6.07, 6.45) is 5.41. The van der Waals surface area contributed by atoms with E-state index < -0.39 is 0 Å². The number of rotatable bonds is 6. The van der Waals surface area contributed by atoms with E-state index in [-0.39, 0.29) is 24.5 Å². The van der Waals surface area contributed by atoms with E-state index in [1.54, 1.807) is 24.3 Å². The normalized spacial score (nSPS) is 17.2. The molecular formula is C16H22ClNO3. The Labute approximate surface area is 130 Å². The van der Waals surface area contributed by atoms with Gasteiger partial charge in [0, 0.05) is 17.0 Å². The van der Waals surface area contributed by atoms with E-state index in [0.717, 1.165) is 25.7 Å². The Bertz CT molecular complexity index is 455. The monoisotopic (exact) mass is 311 g/mol. The van der Waals surface area contributed by atoms with Crippen molar-refractivity contribution < 1.29 is 14.6 Å². The lowest BCUT2D eigenvalue weighted by Gasteiger charge is -2.35. The Kier molecular flexibility index (Phi) is 5.88. The lowest BCUT2D eigenvalue weighted by atomic mass is 9.74. The summed E-state index contributed by atoms with van der Waals surface area (Å²) in [7, 11) is 0. The number of carbonyl (C=O) groups is 1. The summed E-state index contributed by atoms with van der Waals surface area (Å²) < 4.78 is 5.40. The standard InChI is InChI=1S/C16H22ClNO3/c17-13-4-6-14(7-5-13)21-10-15(20)18-11-16(12-19)8-2-1-3-9-16/h4-7,19H,1-3,8-12H2,(H,18,20). The van der Waals surface area contributed by atoms with E-state index in [1.165, 1.54) is 6.42 Å². The fourth-order valence-electron chi connectivity index (χ4n) is 2.71. The van der Waals surface area contributed by atoms with E-state index >= 15 is 0 Å². The minimum atomic E-state index is -0.164.